The van der Waals surface area contributed by atoms with Crippen LogP contribution in [-0.4, -0.2) is 11.7 Å². The molecule has 0 saturated heterocycles. The maximum absolute atomic E-state index is 10.1. The summed E-state index contributed by atoms with van der Waals surface area (Å²) in [6.07, 6.45) is 0.676. The Hall–Kier alpha value is -1.96. The van der Waals surface area contributed by atoms with Crippen molar-refractivity contribution in [3.63, 3.8) is 0 Å². The summed E-state index contributed by atoms with van der Waals surface area (Å²) in [6.45, 7) is 4.21. The van der Waals surface area contributed by atoms with E-state index < -0.39 is 0 Å². The molecule has 0 saturated carbocycles. The quantitative estimate of drug-likeness (QED) is 0.863. The molecular weight excluding hydrogens is 212 g/mol. The van der Waals surface area contributed by atoms with Crippen LogP contribution in [0.2, 0.25) is 0 Å². The lowest BCUT2D eigenvalue weighted by Crippen LogP contribution is -1.95. The van der Waals surface area contributed by atoms with Crippen LogP contribution in [0, 0.1) is 6.92 Å². The molecule has 0 amide bonds. The van der Waals surface area contributed by atoms with Crippen LogP contribution in [0.4, 0.5) is 0 Å². The Labute approximate surface area is 101 Å². The largest absolute Gasteiger partial charge is 0.504 e. The van der Waals surface area contributed by atoms with Crippen LogP contribution in [0.3, 0.4) is 0 Å². The lowest BCUT2D eigenvalue weighted by Gasteiger charge is -2.10. The minimum absolute atomic E-state index is 0.187. The summed E-state index contributed by atoms with van der Waals surface area (Å²) in [4.78, 5) is 0. The molecule has 1 radical (unpaired) electrons. The molecule has 2 aromatic rings. The first-order valence-corrected chi connectivity index (χ1v) is 5.62. The highest BCUT2D eigenvalue weighted by molar-refractivity contribution is 5.73. The van der Waals surface area contributed by atoms with Gasteiger partial charge in [0.05, 0.1) is 6.61 Å². The Kier molecular flexibility index (Phi) is 3.66. The molecule has 0 aliphatic rings. The number of phenols is 1. The Bertz CT molecular complexity index is 478. The fourth-order valence-electron chi connectivity index (χ4n) is 1.67. The second-order valence-electron chi connectivity index (χ2n) is 3.72. The maximum Gasteiger partial charge on any atom is 0.165 e. The molecule has 0 spiro atoms. The van der Waals surface area contributed by atoms with Gasteiger partial charge >= 0.3 is 0 Å². The van der Waals surface area contributed by atoms with Gasteiger partial charge in [-0.15, -0.1) is 0 Å². The van der Waals surface area contributed by atoms with Crippen LogP contribution in [0.25, 0.3) is 11.1 Å². The normalized spacial score (nSPS) is 10.2. The zero-order valence-electron chi connectivity index (χ0n) is 9.60. The fraction of sp³-hybridized carbons (Fsp3) is 0.133. The molecule has 87 valence electrons. The molecule has 2 heteroatoms. The summed E-state index contributed by atoms with van der Waals surface area (Å²) < 4.78 is 5.44. The summed E-state index contributed by atoms with van der Waals surface area (Å²) in [5, 5.41) is 10.1. The van der Waals surface area contributed by atoms with Gasteiger partial charge in [-0.2, -0.15) is 0 Å². The maximum atomic E-state index is 10.1. The molecule has 2 aromatic carbocycles. The van der Waals surface area contributed by atoms with Gasteiger partial charge in [0.1, 0.15) is 0 Å². The highest BCUT2D eigenvalue weighted by Crippen LogP contribution is 2.36. The first-order chi connectivity index (χ1) is 8.33. The molecule has 0 atom stereocenters. The molecule has 2 nitrogen and oxygen atoms in total. The van der Waals surface area contributed by atoms with Crippen molar-refractivity contribution >= 4 is 0 Å². The molecule has 2 rings (SSSR count). The second-order valence-corrected chi connectivity index (χ2v) is 3.72. The van der Waals surface area contributed by atoms with E-state index in [2.05, 4.69) is 6.92 Å². The molecular formula is C15H15O2. The van der Waals surface area contributed by atoms with Gasteiger partial charge in [0, 0.05) is 5.56 Å². The molecule has 0 unspecified atom stereocenters. The van der Waals surface area contributed by atoms with E-state index in [1.807, 2.05) is 42.5 Å². The van der Waals surface area contributed by atoms with Crippen LogP contribution in [0.15, 0.2) is 48.5 Å². The number of aromatic hydroxyl groups is 1. The first kappa shape index (κ1) is 11.5. The average molecular weight is 227 g/mol. The third-order valence-electron chi connectivity index (χ3n) is 2.49. The Morgan fingerprint density at radius 3 is 2.47 bits per heavy atom. The highest BCUT2D eigenvalue weighted by Gasteiger charge is 2.09. The van der Waals surface area contributed by atoms with E-state index in [4.69, 9.17) is 4.74 Å². The van der Waals surface area contributed by atoms with E-state index in [1.54, 1.807) is 6.07 Å². The SMILES string of the molecule is [CH2]CCOc1cccc(-c2ccccc2)c1O. The van der Waals surface area contributed by atoms with E-state index >= 15 is 0 Å². The predicted molar refractivity (Wildman–Crippen MR) is 69.0 cm³/mol. The van der Waals surface area contributed by atoms with Gasteiger partial charge < -0.3 is 9.84 Å². The van der Waals surface area contributed by atoms with Gasteiger partial charge in [-0.05, 0) is 25.0 Å². The molecule has 0 bridgehead atoms. The van der Waals surface area contributed by atoms with Crippen molar-refractivity contribution in [2.75, 3.05) is 6.61 Å². The highest BCUT2D eigenvalue weighted by atomic mass is 16.5. The monoisotopic (exact) mass is 227 g/mol. The molecule has 0 aliphatic heterocycles. The van der Waals surface area contributed by atoms with Crippen LogP contribution < -0.4 is 4.74 Å². The van der Waals surface area contributed by atoms with Gasteiger partial charge in [-0.1, -0.05) is 42.5 Å². The number of rotatable bonds is 4. The van der Waals surface area contributed by atoms with Crippen LogP contribution >= 0.6 is 0 Å². The minimum atomic E-state index is 0.187. The standard InChI is InChI=1S/C15H15O2/c1-2-11-17-14-10-6-9-13(15(14)16)12-7-4-3-5-8-12/h3-10,16H,1-2,11H2. The Morgan fingerprint density at radius 1 is 1.00 bits per heavy atom. The molecule has 17 heavy (non-hydrogen) atoms. The van der Waals surface area contributed by atoms with Crippen molar-refractivity contribution in [2.45, 2.75) is 6.42 Å². The zero-order chi connectivity index (χ0) is 12.1. The smallest absolute Gasteiger partial charge is 0.165 e. The molecule has 0 heterocycles. The summed E-state index contributed by atoms with van der Waals surface area (Å²) in [5.41, 5.74) is 1.76. The van der Waals surface area contributed by atoms with Gasteiger partial charge in [-0.25, -0.2) is 0 Å². The van der Waals surface area contributed by atoms with Gasteiger partial charge in [0.15, 0.2) is 11.5 Å². The van der Waals surface area contributed by atoms with Crippen molar-refractivity contribution in [2.24, 2.45) is 0 Å². The number of ether oxygens (including phenoxy) is 1. The summed E-state index contributed by atoms with van der Waals surface area (Å²) in [6, 6.07) is 15.3. The number of phenolic OH excluding ortho intramolecular Hbond substituents is 1. The van der Waals surface area contributed by atoms with E-state index in [9.17, 15) is 5.11 Å². The van der Waals surface area contributed by atoms with E-state index in [0.717, 1.165) is 11.1 Å². The molecule has 0 fully saturated rings. The number of benzene rings is 2. The minimum Gasteiger partial charge on any atom is -0.504 e. The molecule has 0 aromatic heterocycles. The average Bonchev–Trinajstić information content (AvgIpc) is 2.39. The molecule has 1 N–H and O–H groups in total. The second kappa shape index (κ2) is 5.39. The summed E-state index contributed by atoms with van der Waals surface area (Å²) in [7, 11) is 0. The van der Waals surface area contributed by atoms with E-state index in [1.165, 1.54) is 0 Å². The van der Waals surface area contributed by atoms with Crippen LogP contribution in [-0.2, 0) is 0 Å². The lowest BCUT2D eigenvalue weighted by atomic mass is 10.0. The van der Waals surface area contributed by atoms with E-state index in [-0.39, 0.29) is 5.75 Å². The first-order valence-electron chi connectivity index (χ1n) is 5.62. The summed E-state index contributed by atoms with van der Waals surface area (Å²) in [5.74, 6) is 0.696. The van der Waals surface area contributed by atoms with Gasteiger partial charge in [-0.3, -0.25) is 0 Å². The number of para-hydroxylation sites is 1. The van der Waals surface area contributed by atoms with Gasteiger partial charge in [0.25, 0.3) is 0 Å². The van der Waals surface area contributed by atoms with Crippen molar-refractivity contribution < 1.29 is 9.84 Å². The van der Waals surface area contributed by atoms with Crippen molar-refractivity contribution in [1.29, 1.82) is 0 Å². The lowest BCUT2D eigenvalue weighted by molar-refractivity contribution is 0.305. The molecule has 0 aliphatic carbocycles. The third-order valence-corrected chi connectivity index (χ3v) is 2.49. The Balaban J connectivity index is 2.36. The van der Waals surface area contributed by atoms with Crippen molar-refractivity contribution in [3.05, 3.63) is 55.5 Å². The third kappa shape index (κ3) is 2.59. The van der Waals surface area contributed by atoms with Crippen molar-refractivity contribution in [3.8, 4) is 22.6 Å². The number of hydrogen-bond acceptors (Lipinski definition) is 2. The van der Waals surface area contributed by atoms with Gasteiger partial charge in [0.2, 0.25) is 0 Å². The topological polar surface area (TPSA) is 29.5 Å². The predicted octanol–water partition coefficient (Wildman–Crippen LogP) is 3.66. The van der Waals surface area contributed by atoms with Crippen LogP contribution in [0.5, 0.6) is 11.5 Å². The van der Waals surface area contributed by atoms with Crippen molar-refractivity contribution in [1.82, 2.24) is 0 Å². The zero-order valence-corrected chi connectivity index (χ0v) is 9.60. The fourth-order valence-corrected chi connectivity index (χ4v) is 1.67. The van der Waals surface area contributed by atoms with Crippen LogP contribution in [0.1, 0.15) is 6.42 Å². The summed E-state index contributed by atoms with van der Waals surface area (Å²) >= 11 is 0. The Morgan fingerprint density at radius 2 is 1.76 bits per heavy atom. The van der Waals surface area contributed by atoms with E-state index in [0.29, 0.717) is 18.8 Å². The number of hydrogen-bond donors (Lipinski definition) is 1.